The maximum Gasteiger partial charge on any atom is 0.307 e. The first kappa shape index (κ1) is 16.5. The number of hydrogen-bond donors (Lipinski definition) is 0. The molecule has 0 aliphatic carbocycles. The van der Waals surface area contributed by atoms with Crippen LogP contribution in [0.5, 0.6) is 0 Å². The summed E-state index contributed by atoms with van der Waals surface area (Å²) in [5.41, 5.74) is 0. The average Bonchev–Trinajstić information content (AvgIpc) is 2.93. The molecule has 0 radical (unpaired) electrons. The van der Waals surface area contributed by atoms with Gasteiger partial charge in [0.15, 0.2) is 9.84 Å². The molecule has 9 heteroatoms. The van der Waals surface area contributed by atoms with E-state index in [0.717, 1.165) is 0 Å². The highest BCUT2D eigenvalue weighted by Gasteiger charge is 2.39. The van der Waals surface area contributed by atoms with Crippen molar-refractivity contribution in [2.45, 2.75) is 29.4 Å². The molecule has 1 unspecified atom stereocenters. The van der Waals surface area contributed by atoms with Crippen LogP contribution in [-0.2, 0) is 31.2 Å². The van der Waals surface area contributed by atoms with Crippen LogP contribution in [0.1, 0.15) is 19.3 Å². The summed E-state index contributed by atoms with van der Waals surface area (Å²) >= 11 is 0. The molecule has 1 atom stereocenters. The van der Waals surface area contributed by atoms with E-state index in [9.17, 15) is 18.0 Å². The molecular weight excluding hydrogens is 310 g/mol. The number of nitrogens with zero attached hydrogens (tertiary/aromatic N) is 3. The lowest BCUT2D eigenvalue weighted by Crippen LogP contribution is -2.48. The maximum absolute atomic E-state index is 12.6. The van der Waals surface area contributed by atoms with E-state index in [4.69, 9.17) is 0 Å². The van der Waals surface area contributed by atoms with Crippen LogP contribution in [0.3, 0.4) is 0 Å². The van der Waals surface area contributed by atoms with Gasteiger partial charge in [-0.15, -0.1) is 0 Å². The molecule has 0 saturated carbocycles. The molecule has 0 aromatic carbocycles. The van der Waals surface area contributed by atoms with Crippen molar-refractivity contribution in [2.24, 2.45) is 7.05 Å². The molecule has 22 heavy (non-hydrogen) atoms. The molecule has 2 heterocycles. The van der Waals surface area contributed by atoms with Gasteiger partial charge in [-0.3, -0.25) is 14.3 Å². The van der Waals surface area contributed by atoms with Gasteiger partial charge in [-0.25, -0.2) is 8.42 Å². The topological polar surface area (TPSA) is 98.6 Å². The molecule has 1 amide bonds. The summed E-state index contributed by atoms with van der Waals surface area (Å²) in [6.45, 7) is 0.624. The van der Waals surface area contributed by atoms with E-state index in [1.54, 1.807) is 7.05 Å². The lowest BCUT2D eigenvalue weighted by Gasteiger charge is -2.31. The summed E-state index contributed by atoms with van der Waals surface area (Å²) in [5.74, 6) is -0.885. The highest BCUT2D eigenvalue weighted by molar-refractivity contribution is 7.92. The molecule has 1 aliphatic heterocycles. The Balaban J connectivity index is 2.14. The number of hydrogen-bond acceptors (Lipinski definition) is 6. The second kappa shape index (κ2) is 6.47. The third-order valence-corrected chi connectivity index (χ3v) is 5.73. The number of ether oxygens (including phenoxy) is 1. The van der Waals surface area contributed by atoms with Crippen molar-refractivity contribution in [1.82, 2.24) is 14.7 Å². The Morgan fingerprint density at radius 2 is 2.23 bits per heavy atom. The molecule has 1 saturated heterocycles. The van der Waals surface area contributed by atoms with Crippen LogP contribution in [0.2, 0.25) is 0 Å². The fraction of sp³-hybridized carbons (Fsp3) is 0.615. The largest absolute Gasteiger partial charge is 0.469 e. The Bertz CT molecular complexity index is 667. The van der Waals surface area contributed by atoms with Crippen LogP contribution >= 0.6 is 0 Å². The lowest BCUT2D eigenvalue weighted by atomic mass is 10.1. The number of aromatic nitrogens is 2. The summed E-state index contributed by atoms with van der Waals surface area (Å²) in [4.78, 5) is 25.1. The molecule has 1 aliphatic rings. The highest BCUT2D eigenvalue weighted by atomic mass is 32.2. The number of carbonyl (C=O) groups is 2. The van der Waals surface area contributed by atoms with E-state index in [2.05, 4.69) is 9.84 Å². The van der Waals surface area contributed by atoms with Gasteiger partial charge in [-0.1, -0.05) is 0 Å². The molecule has 122 valence electrons. The van der Waals surface area contributed by atoms with Gasteiger partial charge in [0.25, 0.3) is 0 Å². The van der Waals surface area contributed by atoms with Crippen molar-refractivity contribution in [3.63, 3.8) is 0 Å². The second-order valence-corrected chi connectivity index (χ2v) is 7.31. The van der Waals surface area contributed by atoms with Crippen molar-refractivity contribution in [1.29, 1.82) is 0 Å². The Morgan fingerprint density at radius 1 is 1.50 bits per heavy atom. The fourth-order valence-corrected chi connectivity index (χ4v) is 4.17. The third-order valence-electron chi connectivity index (χ3n) is 3.68. The minimum absolute atomic E-state index is 0.0446. The number of sulfone groups is 1. The Morgan fingerprint density at radius 3 is 2.82 bits per heavy atom. The number of piperidine rings is 1. The van der Waals surface area contributed by atoms with Crippen LogP contribution in [0.25, 0.3) is 0 Å². The zero-order valence-electron chi connectivity index (χ0n) is 12.6. The predicted octanol–water partition coefficient (Wildman–Crippen LogP) is -0.252. The Labute approximate surface area is 129 Å². The van der Waals surface area contributed by atoms with Gasteiger partial charge in [0.05, 0.1) is 19.7 Å². The molecule has 1 aromatic rings. The summed E-state index contributed by atoms with van der Waals surface area (Å²) in [6, 6.07) is 0. The van der Waals surface area contributed by atoms with E-state index in [1.807, 2.05) is 0 Å². The quantitative estimate of drug-likeness (QED) is 0.691. The Hall–Kier alpha value is -1.90. The zero-order valence-corrected chi connectivity index (χ0v) is 13.4. The first-order valence-corrected chi connectivity index (χ1v) is 8.49. The molecule has 0 bridgehead atoms. The average molecular weight is 329 g/mol. The number of aryl methyl sites for hydroxylation is 1. The number of likely N-dealkylation sites (tertiary alicyclic amines) is 1. The van der Waals surface area contributed by atoms with Crippen LogP contribution in [0.15, 0.2) is 17.3 Å². The number of carbonyl (C=O) groups excluding carboxylic acids is 2. The number of esters is 1. The molecule has 0 spiro atoms. The second-order valence-electron chi connectivity index (χ2n) is 5.18. The van der Waals surface area contributed by atoms with E-state index in [1.165, 1.54) is 29.1 Å². The highest BCUT2D eigenvalue weighted by Crippen LogP contribution is 2.24. The van der Waals surface area contributed by atoms with Gasteiger partial charge in [-0.2, -0.15) is 5.10 Å². The molecule has 1 aromatic heterocycles. The number of rotatable bonds is 5. The van der Waals surface area contributed by atoms with Crippen molar-refractivity contribution in [3.8, 4) is 0 Å². The zero-order chi connectivity index (χ0) is 16.3. The van der Waals surface area contributed by atoms with Crippen LogP contribution < -0.4 is 0 Å². The Kier molecular flexibility index (Phi) is 4.84. The van der Waals surface area contributed by atoms with Gasteiger partial charge in [0.1, 0.15) is 10.1 Å². The van der Waals surface area contributed by atoms with E-state index in [0.29, 0.717) is 13.0 Å². The predicted molar refractivity (Wildman–Crippen MR) is 76.6 cm³/mol. The molecular formula is C13H19N3O5S. The van der Waals surface area contributed by atoms with Crippen molar-refractivity contribution < 1.29 is 22.7 Å². The van der Waals surface area contributed by atoms with E-state index >= 15 is 0 Å². The maximum atomic E-state index is 12.6. The first-order valence-electron chi connectivity index (χ1n) is 6.94. The van der Waals surface area contributed by atoms with Crippen molar-refractivity contribution in [3.05, 3.63) is 12.4 Å². The first-order chi connectivity index (χ1) is 10.4. The van der Waals surface area contributed by atoms with Crippen LogP contribution in [0.4, 0.5) is 0 Å². The van der Waals surface area contributed by atoms with Gasteiger partial charge in [0, 0.05) is 26.3 Å². The smallest absolute Gasteiger partial charge is 0.307 e. The summed E-state index contributed by atoms with van der Waals surface area (Å²) < 4.78 is 31.0. The molecule has 8 nitrogen and oxygen atoms in total. The standard InChI is InChI=1S/C13H19N3O5S/c1-15-9-10(8-14-15)22(19,20)11-4-3-6-16(13(11)18)7-5-12(17)21-2/h8-9,11H,3-7H2,1-2H3. The van der Waals surface area contributed by atoms with E-state index in [-0.39, 0.29) is 24.3 Å². The molecule has 0 N–H and O–H groups in total. The number of amides is 1. The van der Waals surface area contributed by atoms with Gasteiger partial charge < -0.3 is 9.64 Å². The number of methoxy groups -OCH3 is 1. The van der Waals surface area contributed by atoms with Gasteiger partial charge in [-0.05, 0) is 12.8 Å². The minimum atomic E-state index is -3.76. The summed E-state index contributed by atoms with van der Waals surface area (Å²) in [7, 11) is -0.869. The molecule has 2 rings (SSSR count). The molecule has 1 fully saturated rings. The summed E-state index contributed by atoms with van der Waals surface area (Å²) in [5, 5.41) is 2.74. The van der Waals surface area contributed by atoms with Crippen LogP contribution in [0, 0.1) is 0 Å². The van der Waals surface area contributed by atoms with Gasteiger partial charge >= 0.3 is 5.97 Å². The lowest BCUT2D eigenvalue weighted by molar-refractivity contribution is -0.142. The van der Waals surface area contributed by atoms with Crippen molar-refractivity contribution in [2.75, 3.05) is 20.2 Å². The normalized spacial score (nSPS) is 19.3. The van der Waals surface area contributed by atoms with Crippen molar-refractivity contribution >= 4 is 21.7 Å². The summed E-state index contributed by atoms with van der Waals surface area (Å²) in [6.07, 6.45) is 3.55. The minimum Gasteiger partial charge on any atom is -0.469 e. The van der Waals surface area contributed by atoms with Crippen LogP contribution in [-0.4, -0.2) is 60.4 Å². The van der Waals surface area contributed by atoms with E-state index < -0.39 is 27.0 Å². The SMILES string of the molecule is COC(=O)CCN1CCCC(S(=O)(=O)c2cnn(C)c2)C1=O. The monoisotopic (exact) mass is 329 g/mol. The van der Waals surface area contributed by atoms with Gasteiger partial charge in [0.2, 0.25) is 5.91 Å². The fourth-order valence-electron chi connectivity index (χ4n) is 2.45. The third kappa shape index (κ3) is 3.29.